The normalized spacial score (nSPS) is 27.7. The molecule has 0 spiro atoms. The molecule has 2 aromatic carbocycles. The molecule has 0 bridgehead atoms. The lowest BCUT2D eigenvalue weighted by atomic mass is 9.72. The third-order valence-corrected chi connectivity index (χ3v) is 5.45. The molecule has 3 rings (SSSR count). The molecular formula is C19H26N2. The van der Waals surface area contributed by atoms with E-state index in [1.165, 1.54) is 35.6 Å². The summed E-state index contributed by atoms with van der Waals surface area (Å²) in [5, 5.41) is 2.63. The van der Waals surface area contributed by atoms with E-state index in [9.17, 15) is 0 Å². The highest BCUT2D eigenvalue weighted by atomic mass is 15.2. The standard InChI is InChI=1S/C19H26N2/c1-13-10-11-16(12-14(13)2)19(21-20)18-9-5-7-15-6-3-4-8-17(15)18/h3-9,13-14,16,19,21H,10-12,20H2,1-2H3. The molecular weight excluding hydrogens is 256 g/mol. The Bertz CT molecular complexity index is 602. The van der Waals surface area contributed by atoms with E-state index in [0.717, 1.165) is 11.8 Å². The summed E-state index contributed by atoms with van der Waals surface area (Å²) in [4.78, 5) is 0. The molecule has 3 N–H and O–H groups in total. The van der Waals surface area contributed by atoms with Crippen LogP contribution in [0.15, 0.2) is 42.5 Å². The quantitative estimate of drug-likeness (QED) is 0.646. The van der Waals surface area contributed by atoms with Gasteiger partial charge in [0.25, 0.3) is 0 Å². The van der Waals surface area contributed by atoms with Gasteiger partial charge in [0, 0.05) is 6.04 Å². The molecule has 21 heavy (non-hydrogen) atoms. The van der Waals surface area contributed by atoms with Gasteiger partial charge in [-0.15, -0.1) is 0 Å². The van der Waals surface area contributed by atoms with Gasteiger partial charge in [0.05, 0.1) is 0 Å². The number of benzene rings is 2. The zero-order valence-electron chi connectivity index (χ0n) is 13.0. The van der Waals surface area contributed by atoms with Crippen LogP contribution < -0.4 is 11.3 Å². The first-order valence-electron chi connectivity index (χ1n) is 8.14. The molecule has 1 fully saturated rings. The number of fused-ring (bicyclic) bond motifs is 1. The van der Waals surface area contributed by atoms with E-state index in [4.69, 9.17) is 5.84 Å². The van der Waals surface area contributed by atoms with Crippen LogP contribution in [0.1, 0.15) is 44.7 Å². The fourth-order valence-electron chi connectivity index (χ4n) is 3.89. The third kappa shape index (κ3) is 2.83. The van der Waals surface area contributed by atoms with Crippen LogP contribution in [0.5, 0.6) is 0 Å². The summed E-state index contributed by atoms with van der Waals surface area (Å²) in [6.07, 6.45) is 3.84. The second-order valence-corrected chi connectivity index (χ2v) is 6.74. The highest BCUT2D eigenvalue weighted by Crippen LogP contribution is 2.41. The number of hydrogen-bond donors (Lipinski definition) is 2. The molecule has 4 atom stereocenters. The molecule has 4 unspecified atom stereocenters. The molecule has 0 aromatic heterocycles. The summed E-state index contributed by atoms with van der Waals surface area (Å²) in [6, 6.07) is 15.4. The van der Waals surface area contributed by atoms with E-state index in [2.05, 4.69) is 61.7 Å². The molecule has 112 valence electrons. The van der Waals surface area contributed by atoms with Gasteiger partial charge in [-0.2, -0.15) is 0 Å². The topological polar surface area (TPSA) is 38.0 Å². The lowest BCUT2D eigenvalue weighted by Crippen LogP contribution is -2.37. The predicted octanol–water partition coefficient (Wildman–Crippen LogP) is 4.42. The van der Waals surface area contributed by atoms with Gasteiger partial charge in [0.15, 0.2) is 0 Å². The van der Waals surface area contributed by atoms with Crippen LogP contribution >= 0.6 is 0 Å². The smallest absolute Gasteiger partial charge is 0.0494 e. The number of rotatable bonds is 3. The lowest BCUT2D eigenvalue weighted by molar-refractivity contribution is 0.172. The summed E-state index contributed by atoms with van der Waals surface area (Å²) >= 11 is 0. The fraction of sp³-hybridized carbons (Fsp3) is 0.474. The number of nitrogens with two attached hydrogens (primary N) is 1. The zero-order chi connectivity index (χ0) is 14.8. The van der Waals surface area contributed by atoms with E-state index in [-0.39, 0.29) is 6.04 Å². The fourth-order valence-corrected chi connectivity index (χ4v) is 3.89. The Labute approximate surface area is 127 Å². The van der Waals surface area contributed by atoms with Crippen LogP contribution in [-0.2, 0) is 0 Å². The van der Waals surface area contributed by atoms with Gasteiger partial charge >= 0.3 is 0 Å². The first kappa shape index (κ1) is 14.6. The average molecular weight is 282 g/mol. The first-order valence-corrected chi connectivity index (χ1v) is 8.14. The second kappa shape index (κ2) is 6.17. The minimum atomic E-state index is 0.256. The van der Waals surface area contributed by atoms with Crippen molar-refractivity contribution < 1.29 is 0 Å². The van der Waals surface area contributed by atoms with Crippen molar-refractivity contribution in [3.63, 3.8) is 0 Å². The van der Waals surface area contributed by atoms with E-state index in [1.54, 1.807) is 0 Å². The predicted molar refractivity (Wildman–Crippen MR) is 89.7 cm³/mol. The van der Waals surface area contributed by atoms with Crippen molar-refractivity contribution in [2.75, 3.05) is 0 Å². The van der Waals surface area contributed by atoms with Crippen LogP contribution in [0, 0.1) is 17.8 Å². The molecule has 2 aromatic rings. The summed E-state index contributed by atoms with van der Waals surface area (Å²) in [7, 11) is 0. The van der Waals surface area contributed by atoms with Crippen molar-refractivity contribution in [2.45, 2.75) is 39.2 Å². The van der Waals surface area contributed by atoms with Crippen molar-refractivity contribution in [2.24, 2.45) is 23.6 Å². The van der Waals surface area contributed by atoms with E-state index < -0.39 is 0 Å². The Kier molecular flexibility index (Phi) is 4.27. The molecule has 0 saturated heterocycles. The molecule has 0 amide bonds. The van der Waals surface area contributed by atoms with Gasteiger partial charge in [-0.05, 0) is 46.9 Å². The highest BCUT2D eigenvalue weighted by Gasteiger charge is 2.31. The molecule has 2 nitrogen and oxygen atoms in total. The molecule has 0 aliphatic heterocycles. The van der Waals surface area contributed by atoms with Crippen LogP contribution in [0.25, 0.3) is 10.8 Å². The lowest BCUT2D eigenvalue weighted by Gasteiger charge is -2.37. The van der Waals surface area contributed by atoms with Crippen molar-refractivity contribution in [1.82, 2.24) is 5.43 Å². The Morgan fingerprint density at radius 2 is 1.76 bits per heavy atom. The van der Waals surface area contributed by atoms with Crippen molar-refractivity contribution in [3.8, 4) is 0 Å². The SMILES string of the molecule is CC1CCC(C(NN)c2cccc3ccccc23)CC1C. The Morgan fingerprint density at radius 1 is 1.00 bits per heavy atom. The largest absolute Gasteiger partial charge is 0.271 e. The van der Waals surface area contributed by atoms with Crippen molar-refractivity contribution >= 4 is 10.8 Å². The summed E-state index contributed by atoms with van der Waals surface area (Å²) in [6.45, 7) is 4.76. The minimum absolute atomic E-state index is 0.256. The number of hydrogen-bond acceptors (Lipinski definition) is 2. The molecule has 1 saturated carbocycles. The summed E-state index contributed by atoms with van der Waals surface area (Å²) in [5.74, 6) is 8.21. The Balaban J connectivity index is 1.95. The molecule has 0 heterocycles. The van der Waals surface area contributed by atoms with Crippen LogP contribution in [0.4, 0.5) is 0 Å². The summed E-state index contributed by atoms with van der Waals surface area (Å²) in [5.41, 5.74) is 4.46. The Morgan fingerprint density at radius 3 is 2.52 bits per heavy atom. The van der Waals surface area contributed by atoms with Crippen LogP contribution in [-0.4, -0.2) is 0 Å². The Hall–Kier alpha value is -1.38. The van der Waals surface area contributed by atoms with Gasteiger partial charge in [-0.25, -0.2) is 0 Å². The van der Waals surface area contributed by atoms with Crippen molar-refractivity contribution in [1.29, 1.82) is 0 Å². The average Bonchev–Trinajstić information content (AvgIpc) is 2.52. The van der Waals surface area contributed by atoms with Gasteiger partial charge in [0.1, 0.15) is 0 Å². The molecule has 0 radical (unpaired) electrons. The second-order valence-electron chi connectivity index (χ2n) is 6.74. The van der Waals surface area contributed by atoms with Gasteiger partial charge in [-0.3, -0.25) is 11.3 Å². The van der Waals surface area contributed by atoms with Gasteiger partial charge in [-0.1, -0.05) is 62.7 Å². The van der Waals surface area contributed by atoms with E-state index in [1.807, 2.05) is 0 Å². The maximum absolute atomic E-state index is 5.96. The maximum atomic E-state index is 5.96. The van der Waals surface area contributed by atoms with Crippen LogP contribution in [0.3, 0.4) is 0 Å². The molecule has 2 heteroatoms. The number of nitrogens with one attached hydrogen (secondary N) is 1. The minimum Gasteiger partial charge on any atom is -0.271 e. The number of hydrazine groups is 1. The van der Waals surface area contributed by atoms with Crippen LogP contribution in [0.2, 0.25) is 0 Å². The maximum Gasteiger partial charge on any atom is 0.0494 e. The van der Waals surface area contributed by atoms with Gasteiger partial charge in [0.2, 0.25) is 0 Å². The molecule has 1 aliphatic carbocycles. The van der Waals surface area contributed by atoms with Gasteiger partial charge < -0.3 is 0 Å². The summed E-state index contributed by atoms with van der Waals surface area (Å²) < 4.78 is 0. The van der Waals surface area contributed by atoms with E-state index in [0.29, 0.717) is 5.92 Å². The monoisotopic (exact) mass is 282 g/mol. The van der Waals surface area contributed by atoms with E-state index >= 15 is 0 Å². The first-order chi connectivity index (χ1) is 10.2. The highest BCUT2D eigenvalue weighted by molar-refractivity contribution is 5.86. The zero-order valence-corrected chi connectivity index (χ0v) is 13.0. The van der Waals surface area contributed by atoms with Crippen molar-refractivity contribution in [3.05, 3.63) is 48.0 Å². The third-order valence-electron chi connectivity index (χ3n) is 5.45. The molecule has 1 aliphatic rings.